The van der Waals surface area contributed by atoms with Gasteiger partial charge in [-0.15, -0.1) is 0 Å². The largest absolute Gasteiger partial charge is 0.494 e. The number of amides is 1. The van der Waals surface area contributed by atoms with Crippen LogP contribution in [0.2, 0.25) is 0 Å². The summed E-state index contributed by atoms with van der Waals surface area (Å²) in [5.74, 6) is 0.642. The van der Waals surface area contributed by atoms with E-state index >= 15 is 0 Å². The van der Waals surface area contributed by atoms with Crippen molar-refractivity contribution in [3.8, 4) is 5.75 Å². The molecular weight excluding hydrogens is 307 g/mol. The summed E-state index contributed by atoms with van der Waals surface area (Å²) in [6.45, 7) is 3.88. The van der Waals surface area contributed by atoms with Crippen LogP contribution in [-0.2, 0) is 11.3 Å². The summed E-state index contributed by atoms with van der Waals surface area (Å²) in [6.07, 6.45) is 7.19. The molecule has 0 saturated carbocycles. The van der Waals surface area contributed by atoms with E-state index in [0.717, 1.165) is 44.6 Å². The van der Waals surface area contributed by atoms with Crippen molar-refractivity contribution in [2.75, 3.05) is 33.3 Å². The molecule has 5 heteroatoms. The molecule has 1 atom stereocenters. The SMILES string of the molecule is COc1ccc(CN2CCN(C(=O)CC3C=CCC3)CC2)cc1F. The number of rotatable bonds is 5. The van der Waals surface area contributed by atoms with Crippen LogP contribution in [0.1, 0.15) is 24.8 Å². The number of carbonyl (C=O) groups excluding carboxylic acids is 1. The van der Waals surface area contributed by atoms with Crippen molar-refractivity contribution in [2.45, 2.75) is 25.8 Å². The van der Waals surface area contributed by atoms with Crippen LogP contribution in [-0.4, -0.2) is 49.0 Å². The molecule has 1 heterocycles. The highest BCUT2D eigenvalue weighted by molar-refractivity contribution is 5.76. The number of ether oxygens (including phenoxy) is 1. The summed E-state index contributed by atoms with van der Waals surface area (Å²) >= 11 is 0. The van der Waals surface area contributed by atoms with Crippen molar-refractivity contribution < 1.29 is 13.9 Å². The summed E-state index contributed by atoms with van der Waals surface area (Å²) in [6, 6.07) is 5.09. The zero-order valence-corrected chi connectivity index (χ0v) is 14.2. The summed E-state index contributed by atoms with van der Waals surface area (Å²) in [5, 5.41) is 0. The lowest BCUT2D eigenvalue weighted by atomic mass is 10.0. The molecule has 1 aromatic rings. The summed E-state index contributed by atoms with van der Waals surface area (Å²) in [7, 11) is 1.47. The molecule has 4 nitrogen and oxygen atoms in total. The van der Waals surface area contributed by atoms with Gasteiger partial charge in [-0.1, -0.05) is 18.2 Å². The highest BCUT2D eigenvalue weighted by Crippen LogP contribution is 2.22. The molecule has 130 valence electrons. The second-order valence-corrected chi connectivity index (χ2v) is 6.60. The molecule has 1 fully saturated rings. The Bertz CT molecular complexity index is 609. The lowest BCUT2D eigenvalue weighted by Crippen LogP contribution is -2.48. The van der Waals surface area contributed by atoms with E-state index in [2.05, 4.69) is 17.1 Å². The number of carbonyl (C=O) groups is 1. The second kappa shape index (κ2) is 7.79. The minimum atomic E-state index is -0.326. The van der Waals surface area contributed by atoms with Gasteiger partial charge in [0.1, 0.15) is 0 Å². The molecule has 3 rings (SSSR count). The van der Waals surface area contributed by atoms with Gasteiger partial charge in [0.05, 0.1) is 7.11 Å². The zero-order valence-electron chi connectivity index (χ0n) is 14.2. The predicted octanol–water partition coefficient (Wildman–Crippen LogP) is 2.83. The van der Waals surface area contributed by atoms with E-state index in [-0.39, 0.29) is 17.5 Å². The first-order valence-electron chi connectivity index (χ1n) is 8.65. The number of hydrogen-bond acceptors (Lipinski definition) is 3. The Hall–Kier alpha value is -1.88. The van der Waals surface area contributed by atoms with E-state index in [4.69, 9.17) is 4.74 Å². The lowest BCUT2D eigenvalue weighted by molar-refractivity contribution is -0.133. The maximum atomic E-state index is 13.8. The number of nitrogens with zero attached hydrogens (tertiary/aromatic N) is 2. The van der Waals surface area contributed by atoms with Gasteiger partial charge in [-0.05, 0) is 36.5 Å². The first kappa shape index (κ1) is 17.0. The topological polar surface area (TPSA) is 32.8 Å². The van der Waals surface area contributed by atoms with E-state index < -0.39 is 0 Å². The van der Waals surface area contributed by atoms with Crippen molar-refractivity contribution in [2.24, 2.45) is 5.92 Å². The van der Waals surface area contributed by atoms with Crippen LogP contribution in [0, 0.1) is 11.7 Å². The fraction of sp³-hybridized carbons (Fsp3) is 0.526. The van der Waals surface area contributed by atoms with Crippen LogP contribution in [0.3, 0.4) is 0 Å². The van der Waals surface area contributed by atoms with Gasteiger partial charge in [-0.3, -0.25) is 9.69 Å². The van der Waals surface area contributed by atoms with Gasteiger partial charge in [0.25, 0.3) is 0 Å². The highest BCUT2D eigenvalue weighted by atomic mass is 19.1. The van der Waals surface area contributed by atoms with Gasteiger partial charge in [0.2, 0.25) is 5.91 Å². The highest BCUT2D eigenvalue weighted by Gasteiger charge is 2.23. The van der Waals surface area contributed by atoms with E-state index in [0.29, 0.717) is 18.9 Å². The molecule has 0 bridgehead atoms. The van der Waals surface area contributed by atoms with Gasteiger partial charge in [-0.2, -0.15) is 0 Å². The first-order chi connectivity index (χ1) is 11.7. The smallest absolute Gasteiger partial charge is 0.223 e. The molecule has 0 aromatic heterocycles. The number of methoxy groups -OCH3 is 1. The predicted molar refractivity (Wildman–Crippen MR) is 91.3 cm³/mol. The normalized spacial score (nSPS) is 21.2. The van der Waals surface area contributed by atoms with Crippen molar-refractivity contribution in [1.82, 2.24) is 9.80 Å². The molecule has 0 N–H and O–H groups in total. The Morgan fingerprint density at radius 3 is 2.71 bits per heavy atom. The molecular formula is C19H25FN2O2. The average molecular weight is 332 g/mol. The first-order valence-corrected chi connectivity index (χ1v) is 8.65. The Morgan fingerprint density at radius 2 is 2.08 bits per heavy atom. The average Bonchev–Trinajstić information content (AvgIpc) is 3.08. The van der Waals surface area contributed by atoms with E-state index in [9.17, 15) is 9.18 Å². The molecule has 1 amide bonds. The summed E-state index contributed by atoms with van der Waals surface area (Å²) in [5.41, 5.74) is 0.934. The Morgan fingerprint density at radius 1 is 1.29 bits per heavy atom. The lowest BCUT2D eigenvalue weighted by Gasteiger charge is -2.35. The van der Waals surface area contributed by atoms with Crippen molar-refractivity contribution in [3.05, 3.63) is 41.7 Å². The van der Waals surface area contributed by atoms with Crippen LogP contribution in [0.25, 0.3) is 0 Å². The van der Waals surface area contributed by atoms with Gasteiger partial charge in [-0.25, -0.2) is 4.39 Å². The number of halogens is 1. The molecule has 2 aliphatic rings. The third kappa shape index (κ3) is 4.15. The standard InChI is InChI=1S/C19H25FN2O2/c1-24-18-7-6-16(12-17(18)20)14-21-8-10-22(11-9-21)19(23)13-15-4-2-3-5-15/h2,4,6-7,12,15H,3,5,8-11,13-14H2,1H3. The minimum Gasteiger partial charge on any atom is -0.494 e. The molecule has 1 unspecified atom stereocenters. The zero-order chi connectivity index (χ0) is 16.9. The number of allylic oxidation sites excluding steroid dienone is 2. The van der Waals surface area contributed by atoms with Gasteiger partial charge >= 0.3 is 0 Å². The van der Waals surface area contributed by atoms with E-state index in [1.54, 1.807) is 6.07 Å². The number of benzene rings is 1. The van der Waals surface area contributed by atoms with Gasteiger partial charge in [0.15, 0.2) is 11.6 Å². The minimum absolute atomic E-state index is 0.265. The molecule has 1 saturated heterocycles. The molecule has 1 aromatic carbocycles. The third-order valence-corrected chi connectivity index (χ3v) is 4.90. The van der Waals surface area contributed by atoms with Crippen molar-refractivity contribution in [3.63, 3.8) is 0 Å². The maximum Gasteiger partial charge on any atom is 0.223 e. The van der Waals surface area contributed by atoms with Gasteiger partial charge in [0, 0.05) is 39.1 Å². The van der Waals surface area contributed by atoms with Crippen LogP contribution in [0.15, 0.2) is 30.4 Å². The number of piperazine rings is 1. The Labute approximate surface area is 142 Å². The monoisotopic (exact) mass is 332 g/mol. The number of hydrogen-bond donors (Lipinski definition) is 0. The Kier molecular flexibility index (Phi) is 5.51. The second-order valence-electron chi connectivity index (χ2n) is 6.60. The van der Waals surface area contributed by atoms with Crippen LogP contribution in [0.4, 0.5) is 4.39 Å². The van der Waals surface area contributed by atoms with Crippen LogP contribution < -0.4 is 4.74 Å². The van der Waals surface area contributed by atoms with Crippen LogP contribution in [0.5, 0.6) is 5.75 Å². The van der Waals surface area contributed by atoms with Crippen LogP contribution >= 0.6 is 0 Å². The molecule has 1 aliphatic carbocycles. The van der Waals surface area contributed by atoms with E-state index in [1.807, 2.05) is 11.0 Å². The van der Waals surface area contributed by atoms with Crippen molar-refractivity contribution >= 4 is 5.91 Å². The fourth-order valence-electron chi connectivity index (χ4n) is 3.44. The Balaban J connectivity index is 1.47. The molecule has 1 aliphatic heterocycles. The quantitative estimate of drug-likeness (QED) is 0.777. The molecule has 0 radical (unpaired) electrons. The summed E-state index contributed by atoms with van der Waals surface area (Å²) < 4.78 is 18.7. The molecule has 0 spiro atoms. The van der Waals surface area contributed by atoms with Gasteiger partial charge < -0.3 is 9.64 Å². The van der Waals surface area contributed by atoms with Crippen molar-refractivity contribution in [1.29, 1.82) is 0 Å². The fourth-order valence-corrected chi connectivity index (χ4v) is 3.44. The summed E-state index contributed by atoms with van der Waals surface area (Å²) in [4.78, 5) is 16.6. The maximum absolute atomic E-state index is 13.8. The molecule has 24 heavy (non-hydrogen) atoms. The van der Waals surface area contributed by atoms with E-state index in [1.165, 1.54) is 13.2 Å². The third-order valence-electron chi connectivity index (χ3n) is 4.90.